The molecule has 0 aromatic rings. The Bertz CT molecular complexity index is 761. The molecule has 5 rings (SSSR count). The third-order valence-electron chi connectivity index (χ3n) is 10.7. The average Bonchev–Trinajstić information content (AvgIpc) is 3.34. The van der Waals surface area contributed by atoms with E-state index in [9.17, 15) is 14.4 Å². The number of carbonyl (C=O) groups is 3. The van der Waals surface area contributed by atoms with Crippen LogP contribution in [-0.4, -0.2) is 28.9 Å². The number of carbonyl (C=O) groups excluding carboxylic acids is 2. The van der Waals surface area contributed by atoms with Crippen molar-refractivity contribution >= 4 is 17.7 Å². The Kier molecular flexibility index (Phi) is 7.27. The molecule has 33 heavy (non-hydrogen) atoms. The molecule has 0 amide bonds. The van der Waals surface area contributed by atoms with Gasteiger partial charge in [0.05, 0.1) is 0 Å². The number of hydrogen-bond donors (Lipinski definition) is 1. The maximum atomic E-state index is 12.2. The van der Waals surface area contributed by atoms with E-state index < -0.39 is 5.97 Å². The lowest BCUT2D eigenvalue weighted by atomic mass is 9.45. The van der Waals surface area contributed by atoms with Gasteiger partial charge < -0.3 is 9.84 Å². The van der Waals surface area contributed by atoms with Crippen LogP contribution in [0, 0.1) is 40.4 Å². The Hall–Kier alpha value is -1.39. The summed E-state index contributed by atoms with van der Waals surface area (Å²) in [5, 5.41) is 8.30. The fraction of sp³-hybridized carbons (Fsp3) is 0.893. The fourth-order valence-corrected chi connectivity index (χ4v) is 9.03. The van der Waals surface area contributed by atoms with E-state index in [-0.39, 0.29) is 18.5 Å². The molecule has 8 unspecified atom stereocenters. The molecule has 4 aliphatic carbocycles. The largest absolute Gasteiger partial charge is 0.481 e. The average molecular weight is 461 g/mol. The van der Waals surface area contributed by atoms with Crippen molar-refractivity contribution in [2.45, 2.75) is 117 Å². The number of esters is 1. The number of aliphatic carboxylic acids is 1. The summed E-state index contributed by atoms with van der Waals surface area (Å²) in [6.45, 7) is 6.97. The van der Waals surface area contributed by atoms with Crippen molar-refractivity contribution in [2.75, 3.05) is 0 Å². The van der Waals surface area contributed by atoms with E-state index in [1.54, 1.807) is 0 Å². The summed E-state index contributed by atoms with van der Waals surface area (Å²) in [7, 11) is 0. The molecule has 0 aromatic carbocycles. The number of rotatable bonds is 4. The highest BCUT2D eigenvalue weighted by molar-refractivity contribution is 5.79. The summed E-state index contributed by atoms with van der Waals surface area (Å²) in [6.07, 6.45) is 15.6. The first-order valence-electron chi connectivity index (χ1n) is 13.6. The van der Waals surface area contributed by atoms with Crippen LogP contribution in [0.4, 0.5) is 0 Å². The van der Waals surface area contributed by atoms with Crippen molar-refractivity contribution in [1.29, 1.82) is 0 Å². The van der Waals surface area contributed by atoms with Gasteiger partial charge >= 0.3 is 11.9 Å². The zero-order chi connectivity index (χ0) is 23.8. The Morgan fingerprint density at radius 3 is 2.36 bits per heavy atom. The molecule has 0 spiro atoms. The van der Waals surface area contributed by atoms with Gasteiger partial charge in [-0.15, -0.1) is 0 Å². The predicted molar refractivity (Wildman–Crippen MR) is 126 cm³/mol. The summed E-state index contributed by atoms with van der Waals surface area (Å²) < 4.78 is 4.81. The first-order chi connectivity index (χ1) is 15.6. The summed E-state index contributed by atoms with van der Waals surface area (Å²) in [4.78, 5) is 32.8. The molecule has 0 radical (unpaired) electrons. The Labute approximate surface area is 199 Å². The molecule has 5 fully saturated rings. The van der Waals surface area contributed by atoms with Crippen LogP contribution in [0.25, 0.3) is 0 Å². The fourth-order valence-electron chi connectivity index (χ4n) is 9.03. The van der Waals surface area contributed by atoms with Crippen molar-refractivity contribution in [3.05, 3.63) is 0 Å². The molecule has 5 heteroatoms. The van der Waals surface area contributed by atoms with E-state index in [0.29, 0.717) is 41.8 Å². The summed E-state index contributed by atoms with van der Waals surface area (Å²) in [5.74, 6) is 3.55. The Morgan fingerprint density at radius 2 is 1.70 bits per heavy atom. The van der Waals surface area contributed by atoms with E-state index in [4.69, 9.17) is 9.84 Å². The zero-order valence-corrected chi connectivity index (χ0v) is 20.9. The quantitative estimate of drug-likeness (QED) is 0.507. The van der Waals surface area contributed by atoms with Gasteiger partial charge in [-0.05, 0) is 106 Å². The number of hydrogen-bond acceptors (Lipinski definition) is 4. The molecule has 0 aromatic heterocycles. The minimum absolute atomic E-state index is 0.0813. The maximum Gasteiger partial charge on any atom is 0.306 e. The molecule has 5 nitrogen and oxygen atoms in total. The highest BCUT2D eigenvalue weighted by atomic mass is 16.5. The molecular formula is C28H44O5. The van der Waals surface area contributed by atoms with Gasteiger partial charge in [0, 0.05) is 18.8 Å². The molecule has 1 saturated heterocycles. The molecule has 1 N–H and O–H groups in total. The van der Waals surface area contributed by atoms with Gasteiger partial charge in [0.1, 0.15) is 11.9 Å². The van der Waals surface area contributed by atoms with Crippen molar-refractivity contribution in [3.8, 4) is 0 Å². The third kappa shape index (κ3) is 4.75. The second-order valence-electron chi connectivity index (χ2n) is 12.3. The Morgan fingerprint density at radius 1 is 0.939 bits per heavy atom. The maximum absolute atomic E-state index is 12.2. The number of carboxylic acids is 1. The first kappa shape index (κ1) is 24.7. The van der Waals surface area contributed by atoms with E-state index in [2.05, 4.69) is 13.8 Å². The van der Waals surface area contributed by atoms with Gasteiger partial charge in [0.25, 0.3) is 0 Å². The molecular weight excluding hydrogens is 416 g/mol. The third-order valence-corrected chi connectivity index (χ3v) is 10.7. The summed E-state index contributed by atoms with van der Waals surface area (Å²) >= 11 is 0. The number of ketones is 1. The summed E-state index contributed by atoms with van der Waals surface area (Å²) in [6, 6.07) is 0. The number of Topliss-reactive ketones (excluding diaryl/α,β-unsaturated/α-hetero) is 1. The highest BCUT2D eigenvalue weighted by Crippen LogP contribution is 2.67. The summed E-state index contributed by atoms with van der Waals surface area (Å²) in [5.41, 5.74) is 0.974. The van der Waals surface area contributed by atoms with Gasteiger partial charge in [0.2, 0.25) is 0 Å². The van der Waals surface area contributed by atoms with Crippen LogP contribution in [0.5, 0.6) is 0 Å². The predicted octanol–water partition coefficient (Wildman–Crippen LogP) is 6.18. The van der Waals surface area contributed by atoms with E-state index in [0.717, 1.165) is 23.7 Å². The molecule has 4 saturated carbocycles. The Balaban J connectivity index is 0.000000200. The van der Waals surface area contributed by atoms with Gasteiger partial charge in [-0.1, -0.05) is 26.7 Å². The first-order valence-corrected chi connectivity index (χ1v) is 13.6. The molecule has 8 atom stereocenters. The smallest absolute Gasteiger partial charge is 0.306 e. The van der Waals surface area contributed by atoms with Crippen LogP contribution in [0.2, 0.25) is 0 Å². The number of ether oxygens (including phenoxy) is 1. The van der Waals surface area contributed by atoms with Gasteiger partial charge in [-0.2, -0.15) is 0 Å². The second-order valence-corrected chi connectivity index (χ2v) is 12.3. The second kappa shape index (κ2) is 9.70. The van der Waals surface area contributed by atoms with Gasteiger partial charge in [0.15, 0.2) is 0 Å². The van der Waals surface area contributed by atoms with Crippen LogP contribution in [0.3, 0.4) is 0 Å². The minimum atomic E-state index is -0.840. The van der Waals surface area contributed by atoms with E-state index in [1.165, 1.54) is 64.2 Å². The van der Waals surface area contributed by atoms with Crippen LogP contribution in [0.1, 0.15) is 111 Å². The minimum Gasteiger partial charge on any atom is -0.481 e. The lowest BCUT2D eigenvalue weighted by Gasteiger charge is -2.60. The standard InChI is InChI=1S/C21H34O.C7H10O4/c1-14(22)17-9-10-18-16-8-7-15-6-4-5-12-20(15,2)19(16)11-13-21(17,18)3;8-6(9)3-1-5-2-4-7(10)11-5/h15-19H,4-13H2,1-3H3;5H,1-4H2,(H,8,9). The molecule has 0 bridgehead atoms. The van der Waals surface area contributed by atoms with Gasteiger partial charge in [-0.25, -0.2) is 0 Å². The molecule has 5 aliphatic rings. The van der Waals surface area contributed by atoms with Crippen molar-refractivity contribution in [3.63, 3.8) is 0 Å². The lowest BCUT2D eigenvalue weighted by Crippen LogP contribution is -2.53. The molecule has 1 heterocycles. The van der Waals surface area contributed by atoms with Crippen molar-refractivity contribution < 1.29 is 24.2 Å². The SMILES string of the molecule is CC(=O)C1CCC2C3CCC4CCCCC4(C)C3CCC12C.O=C(O)CCC1CCC(=O)O1. The molecule has 186 valence electrons. The topological polar surface area (TPSA) is 80.7 Å². The highest BCUT2D eigenvalue weighted by Gasteiger charge is 2.60. The van der Waals surface area contributed by atoms with Crippen LogP contribution in [0.15, 0.2) is 0 Å². The zero-order valence-electron chi connectivity index (χ0n) is 20.9. The monoisotopic (exact) mass is 460 g/mol. The number of fused-ring (bicyclic) bond motifs is 5. The lowest BCUT2D eigenvalue weighted by molar-refractivity contribution is -0.144. The van der Waals surface area contributed by atoms with E-state index in [1.807, 2.05) is 6.92 Å². The van der Waals surface area contributed by atoms with Crippen LogP contribution < -0.4 is 0 Å². The van der Waals surface area contributed by atoms with Crippen LogP contribution >= 0.6 is 0 Å². The van der Waals surface area contributed by atoms with Gasteiger partial charge in [-0.3, -0.25) is 14.4 Å². The van der Waals surface area contributed by atoms with Crippen molar-refractivity contribution in [2.24, 2.45) is 40.4 Å². The number of carboxylic acid groups (broad SMARTS) is 1. The van der Waals surface area contributed by atoms with Crippen LogP contribution in [-0.2, 0) is 19.1 Å². The molecule has 1 aliphatic heterocycles. The van der Waals surface area contributed by atoms with E-state index >= 15 is 0 Å². The normalized spacial score (nSPS) is 43.9. The van der Waals surface area contributed by atoms with Crippen molar-refractivity contribution in [1.82, 2.24) is 0 Å². The number of cyclic esters (lactones) is 1.